The van der Waals surface area contributed by atoms with E-state index in [2.05, 4.69) is 68.2 Å². The van der Waals surface area contributed by atoms with Crippen LogP contribution in [0.25, 0.3) is 11.5 Å². The minimum atomic E-state index is 0.181. The van der Waals surface area contributed by atoms with E-state index in [-0.39, 0.29) is 5.41 Å². The van der Waals surface area contributed by atoms with Gasteiger partial charge in [0, 0.05) is 11.3 Å². The Morgan fingerprint density at radius 1 is 1.00 bits per heavy atom. The molecular weight excluding hydrogens is 316 g/mol. The highest BCUT2D eigenvalue weighted by Crippen LogP contribution is 2.27. The van der Waals surface area contributed by atoms with Crippen molar-refractivity contribution in [3.05, 3.63) is 65.2 Å². The minimum absolute atomic E-state index is 0.181. The molecule has 0 aliphatic carbocycles. The van der Waals surface area contributed by atoms with Crippen LogP contribution in [-0.4, -0.2) is 10.2 Å². The molecule has 0 fully saturated rings. The molecule has 0 unspecified atom stereocenters. The Morgan fingerprint density at radius 2 is 1.75 bits per heavy atom. The van der Waals surface area contributed by atoms with Crippen molar-refractivity contribution in [2.75, 3.05) is 0 Å². The molecule has 3 nitrogen and oxygen atoms in total. The summed E-state index contributed by atoms with van der Waals surface area (Å²) in [5, 5.41) is 8.89. The highest BCUT2D eigenvalue weighted by atomic mass is 32.2. The van der Waals surface area contributed by atoms with E-state index in [9.17, 15) is 0 Å². The van der Waals surface area contributed by atoms with Crippen molar-refractivity contribution >= 4 is 11.8 Å². The Bertz CT molecular complexity index is 816. The molecule has 0 saturated carbocycles. The van der Waals surface area contributed by atoms with Gasteiger partial charge in [0.15, 0.2) is 0 Å². The van der Waals surface area contributed by atoms with Gasteiger partial charge in [-0.3, -0.25) is 0 Å². The van der Waals surface area contributed by atoms with Gasteiger partial charge < -0.3 is 4.42 Å². The van der Waals surface area contributed by atoms with Crippen LogP contribution in [0.15, 0.2) is 58.2 Å². The maximum atomic E-state index is 5.77. The molecule has 1 heterocycles. The first-order chi connectivity index (χ1) is 11.4. The molecular formula is C20H22N2OS. The maximum Gasteiger partial charge on any atom is 0.277 e. The first-order valence-corrected chi connectivity index (χ1v) is 9.03. The molecule has 124 valence electrons. The third kappa shape index (κ3) is 4.06. The summed E-state index contributed by atoms with van der Waals surface area (Å²) in [4.78, 5) is 0. The van der Waals surface area contributed by atoms with Crippen LogP contribution in [0.1, 0.15) is 37.5 Å². The first-order valence-electron chi connectivity index (χ1n) is 8.04. The van der Waals surface area contributed by atoms with E-state index in [1.165, 1.54) is 16.7 Å². The number of benzene rings is 2. The topological polar surface area (TPSA) is 38.9 Å². The largest absolute Gasteiger partial charge is 0.411 e. The van der Waals surface area contributed by atoms with Crippen LogP contribution >= 0.6 is 11.8 Å². The average Bonchev–Trinajstić information content (AvgIpc) is 3.01. The summed E-state index contributed by atoms with van der Waals surface area (Å²) in [6.07, 6.45) is 0. The molecule has 0 bridgehead atoms. The second-order valence-corrected chi connectivity index (χ2v) is 7.90. The van der Waals surface area contributed by atoms with Crippen LogP contribution in [0.3, 0.4) is 0 Å². The van der Waals surface area contributed by atoms with E-state index in [1.807, 2.05) is 18.2 Å². The van der Waals surface area contributed by atoms with Crippen LogP contribution < -0.4 is 0 Å². The predicted octanol–water partition coefficient (Wildman–Crippen LogP) is 5.63. The normalized spacial score (nSPS) is 11.7. The molecule has 1 aromatic heterocycles. The lowest BCUT2D eigenvalue weighted by Gasteiger charge is -2.19. The SMILES string of the molecule is Cc1cccc(-c2nnc(SCc3ccc(C(C)(C)C)cc3)o2)c1. The van der Waals surface area contributed by atoms with Gasteiger partial charge >= 0.3 is 0 Å². The van der Waals surface area contributed by atoms with Crippen molar-refractivity contribution in [3.8, 4) is 11.5 Å². The van der Waals surface area contributed by atoms with E-state index < -0.39 is 0 Å². The highest BCUT2D eigenvalue weighted by molar-refractivity contribution is 7.98. The third-order valence-electron chi connectivity index (χ3n) is 3.85. The highest BCUT2D eigenvalue weighted by Gasteiger charge is 2.13. The quantitative estimate of drug-likeness (QED) is 0.577. The lowest BCUT2D eigenvalue weighted by molar-refractivity contribution is 0.466. The Morgan fingerprint density at radius 3 is 2.42 bits per heavy atom. The van der Waals surface area contributed by atoms with Crippen molar-refractivity contribution in [3.63, 3.8) is 0 Å². The van der Waals surface area contributed by atoms with Gasteiger partial charge in [-0.1, -0.05) is 74.5 Å². The fourth-order valence-corrected chi connectivity index (χ4v) is 3.13. The number of thioether (sulfide) groups is 1. The van der Waals surface area contributed by atoms with E-state index in [4.69, 9.17) is 4.42 Å². The lowest BCUT2D eigenvalue weighted by Crippen LogP contribution is -2.10. The molecule has 0 saturated heterocycles. The maximum absolute atomic E-state index is 5.77. The molecule has 2 aromatic carbocycles. The lowest BCUT2D eigenvalue weighted by atomic mass is 9.87. The third-order valence-corrected chi connectivity index (χ3v) is 4.74. The molecule has 0 amide bonds. The van der Waals surface area contributed by atoms with Crippen molar-refractivity contribution < 1.29 is 4.42 Å². The number of hydrogen-bond acceptors (Lipinski definition) is 4. The van der Waals surface area contributed by atoms with E-state index >= 15 is 0 Å². The molecule has 0 aliphatic rings. The van der Waals surface area contributed by atoms with E-state index in [0.717, 1.165) is 11.3 Å². The number of rotatable bonds is 4. The molecule has 0 N–H and O–H groups in total. The van der Waals surface area contributed by atoms with E-state index in [0.29, 0.717) is 11.1 Å². The van der Waals surface area contributed by atoms with Gasteiger partial charge in [-0.05, 0) is 35.6 Å². The van der Waals surface area contributed by atoms with Crippen molar-refractivity contribution in [2.45, 2.75) is 44.1 Å². The van der Waals surface area contributed by atoms with Gasteiger partial charge in [-0.15, -0.1) is 10.2 Å². The monoisotopic (exact) mass is 338 g/mol. The summed E-state index contributed by atoms with van der Waals surface area (Å²) < 4.78 is 5.77. The Hall–Kier alpha value is -2.07. The van der Waals surface area contributed by atoms with Gasteiger partial charge in [0.05, 0.1) is 0 Å². The molecule has 0 aliphatic heterocycles. The second kappa shape index (κ2) is 6.81. The zero-order valence-corrected chi connectivity index (χ0v) is 15.4. The Balaban J connectivity index is 1.65. The summed E-state index contributed by atoms with van der Waals surface area (Å²) in [6, 6.07) is 16.8. The fourth-order valence-electron chi connectivity index (χ4n) is 2.41. The summed E-state index contributed by atoms with van der Waals surface area (Å²) >= 11 is 1.57. The number of hydrogen-bond donors (Lipinski definition) is 0. The molecule has 3 aromatic rings. The van der Waals surface area contributed by atoms with Gasteiger partial charge in [-0.2, -0.15) is 0 Å². The minimum Gasteiger partial charge on any atom is -0.411 e. The molecule has 4 heteroatoms. The molecule has 24 heavy (non-hydrogen) atoms. The number of aryl methyl sites for hydroxylation is 1. The Labute approximate surface area is 147 Å². The summed E-state index contributed by atoms with van der Waals surface area (Å²) in [5.41, 5.74) is 4.92. The second-order valence-electron chi connectivity index (χ2n) is 6.98. The fraction of sp³-hybridized carbons (Fsp3) is 0.300. The molecule has 0 spiro atoms. The molecule has 0 radical (unpaired) electrons. The van der Waals surface area contributed by atoms with Crippen molar-refractivity contribution in [1.82, 2.24) is 10.2 Å². The van der Waals surface area contributed by atoms with Gasteiger partial charge in [0.2, 0.25) is 5.89 Å². The zero-order valence-electron chi connectivity index (χ0n) is 14.5. The van der Waals surface area contributed by atoms with Crippen LogP contribution in [0.5, 0.6) is 0 Å². The van der Waals surface area contributed by atoms with Gasteiger partial charge in [-0.25, -0.2) is 0 Å². The predicted molar refractivity (Wildman–Crippen MR) is 99.2 cm³/mol. The summed E-state index contributed by atoms with van der Waals surface area (Å²) in [5.74, 6) is 1.39. The van der Waals surface area contributed by atoms with Gasteiger partial charge in [0.1, 0.15) is 0 Å². The summed E-state index contributed by atoms with van der Waals surface area (Å²) in [7, 11) is 0. The van der Waals surface area contributed by atoms with Crippen molar-refractivity contribution in [2.24, 2.45) is 0 Å². The van der Waals surface area contributed by atoms with Crippen LogP contribution in [0.4, 0.5) is 0 Å². The van der Waals surface area contributed by atoms with Crippen molar-refractivity contribution in [1.29, 1.82) is 0 Å². The average molecular weight is 338 g/mol. The van der Waals surface area contributed by atoms with Gasteiger partial charge in [0.25, 0.3) is 5.22 Å². The summed E-state index contributed by atoms with van der Waals surface area (Å²) in [6.45, 7) is 8.73. The van der Waals surface area contributed by atoms with Crippen LogP contribution in [-0.2, 0) is 11.2 Å². The molecule has 0 atom stereocenters. The number of nitrogens with zero attached hydrogens (tertiary/aromatic N) is 2. The van der Waals surface area contributed by atoms with E-state index in [1.54, 1.807) is 11.8 Å². The zero-order chi connectivity index (χ0) is 17.2. The number of aromatic nitrogens is 2. The Kier molecular flexibility index (Phi) is 4.76. The first kappa shape index (κ1) is 16.8. The van der Waals surface area contributed by atoms with Crippen LogP contribution in [0, 0.1) is 6.92 Å². The molecule has 3 rings (SSSR count). The van der Waals surface area contributed by atoms with Crippen LogP contribution in [0.2, 0.25) is 0 Å². The smallest absolute Gasteiger partial charge is 0.277 e. The standard InChI is InChI=1S/C20H22N2OS/c1-14-6-5-7-16(12-14)18-21-22-19(23-18)24-13-15-8-10-17(11-9-15)20(2,3)4/h5-12H,13H2,1-4H3.